The molecule has 5 nitrogen and oxygen atoms in total. The van der Waals surface area contributed by atoms with Gasteiger partial charge in [0.1, 0.15) is 5.78 Å². The number of hydrogen-bond donors (Lipinski definition) is 2. The molecule has 0 radical (unpaired) electrons. The highest BCUT2D eigenvalue weighted by atomic mass is 16.2. The minimum Gasteiger partial charge on any atom is -0.352 e. The molecule has 1 aromatic carbocycles. The summed E-state index contributed by atoms with van der Waals surface area (Å²) in [7, 11) is 0. The first kappa shape index (κ1) is 17.8. The molecule has 1 amide bonds. The van der Waals surface area contributed by atoms with Crippen LogP contribution in [0.25, 0.3) is 0 Å². The molecule has 0 aromatic heterocycles. The van der Waals surface area contributed by atoms with Gasteiger partial charge >= 0.3 is 0 Å². The van der Waals surface area contributed by atoms with E-state index < -0.39 is 6.04 Å². The largest absolute Gasteiger partial charge is 0.352 e. The highest BCUT2D eigenvalue weighted by Crippen LogP contribution is 2.29. The number of nitrogens with two attached hydrogens (primary N) is 1. The van der Waals surface area contributed by atoms with Gasteiger partial charge < -0.3 is 11.1 Å². The zero-order valence-corrected chi connectivity index (χ0v) is 14.7. The van der Waals surface area contributed by atoms with Crippen molar-refractivity contribution in [2.75, 3.05) is 0 Å². The van der Waals surface area contributed by atoms with Crippen molar-refractivity contribution in [1.82, 2.24) is 5.32 Å². The fraction of sp³-hybridized carbons (Fsp3) is 0.550. The normalized spacial score (nSPS) is 23.8. The Labute approximate surface area is 148 Å². The van der Waals surface area contributed by atoms with Crippen LogP contribution in [-0.2, 0) is 22.4 Å². The quantitative estimate of drug-likeness (QED) is 0.801. The van der Waals surface area contributed by atoms with Crippen LogP contribution in [0.5, 0.6) is 0 Å². The van der Waals surface area contributed by atoms with E-state index in [2.05, 4.69) is 5.32 Å². The van der Waals surface area contributed by atoms with Gasteiger partial charge in [-0.05, 0) is 55.7 Å². The minimum atomic E-state index is -0.481. The number of hydrogen-bond acceptors (Lipinski definition) is 4. The van der Waals surface area contributed by atoms with E-state index in [1.54, 1.807) is 6.92 Å². The summed E-state index contributed by atoms with van der Waals surface area (Å²) in [5.74, 6) is 0.648. The predicted molar refractivity (Wildman–Crippen MR) is 95.3 cm³/mol. The second kappa shape index (κ2) is 7.48. The smallest absolute Gasteiger partial charge is 0.236 e. The second-order valence-electron chi connectivity index (χ2n) is 7.52. The van der Waals surface area contributed by atoms with E-state index in [9.17, 15) is 14.4 Å². The maximum atomic E-state index is 12.6. The number of ketones is 2. The van der Waals surface area contributed by atoms with Crippen molar-refractivity contribution < 1.29 is 14.4 Å². The van der Waals surface area contributed by atoms with Gasteiger partial charge in [0.15, 0.2) is 5.78 Å². The van der Waals surface area contributed by atoms with E-state index in [4.69, 9.17) is 5.73 Å². The number of benzene rings is 1. The van der Waals surface area contributed by atoms with Crippen LogP contribution in [-0.4, -0.2) is 29.6 Å². The molecule has 1 saturated carbocycles. The van der Waals surface area contributed by atoms with Crippen LogP contribution in [0.3, 0.4) is 0 Å². The summed E-state index contributed by atoms with van der Waals surface area (Å²) in [6.07, 6.45) is 5.19. The highest BCUT2D eigenvalue weighted by molar-refractivity contribution is 5.97. The van der Waals surface area contributed by atoms with E-state index >= 15 is 0 Å². The number of carbonyl (C=O) groups is 3. The molecule has 1 aromatic rings. The Hall–Kier alpha value is -2.01. The molecular weight excluding hydrogens is 316 g/mol. The van der Waals surface area contributed by atoms with Crippen molar-refractivity contribution in [2.45, 2.75) is 64.0 Å². The third-order valence-electron chi connectivity index (χ3n) is 5.38. The standard InChI is InChI=1S/C20H26N2O3/c1-12(21)20(25)22-17-6-2-13(3-7-17)8-19(24)15-5-4-14-10-18(23)11-16(14)9-15/h4-5,9,12-13,17H,2-3,6-8,10-11,21H2,1H3,(H,22,25). The minimum absolute atomic E-state index is 0.104. The van der Waals surface area contributed by atoms with Crippen molar-refractivity contribution in [3.05, 3.63) is 34.9 Å². The first-order valence-electron chi connectivity index (χ1n) is 9.15. The van der Waals surface area contributed by atoms with Crippen molar-refractivity contribution in [1.29, 1.82) is 0 Å². The molecule has 0 spiro atoms. The zero-order chi connectivity index (χ0) is 18.0. The molecule has 0 heterocycles. The van der Waals surface area contributed by atoms with Gasteiger partial charge in [-0.3, -0.25) is 14.4 Å². The molecule has 2 aliphatic rings. The fourth-order valence-electron chi connectivity index (χ4n) is 3.85. The van der Waals surface area contributed by atoms with Crippen LogP contribution in [0, 0.1) is 5.92 Å². The third kappa shape index (κ3) is 4.34. The summed E-state index contributed by atoms with van der Waals surface area (Å²) < 4.78 is 0. The van der Waals surface area contributed by atoms with Crippen molar-refractivity contribution in [3.8, 4) is 0 Å². The van der Waals surface area contributed by atoms with E-state index in [0.717, 1.165) is 42.4 Å². The number of Topliss-reactive ketones (excluding diaryl/α,β-unsaturated/α-hetero) is 2. The lowest BCUT2D eigenvalue weighted by molar-refractivity contribution is -0.123. The Kier molecular flexibility index (Phi) is 5.33. The second-order valence-corrected chi connectivity index (χ2v) is 7.52. The monoisotopic (exact) mass is 342 g/mol. The lowest BCUT2D eigenvalue weighted by Gasteiger charge is -2.29. The van der Waals surface area contributed by atoms with Crippen molar-refractivity contribution >= 4 is 17.5 Å². The van der Waals surface area contributed by atoms with E-state index in [1.807, 2.05) is 18.2 Å². The Morgan fingerprint density at radius 3 is 2.52 bits per heavy atom. The van der Waals surface area contributed by atoms with Gasteiger partial charge in [-0.25, -0.2) is 0 Å². The van der Waals surface area contributed by atoms with Crippen LogP contribution in [0.2, 0.25) is 0 Å². The molecule has 0 saturated heterocycles. The third-order valence-corrected chi connectivity index (χ3v) is 5.38. The van der Waals surface area contributed by atoms with Gasteiger partial charge in [-0.2, -0.15) is 0 Å². The summed E-state index contributed by atoms with van der Waals surface area (Å²) in [4.78, 5) is 35.8. The molecule has 1 atom stereocenters. The average Bonchev–Trinajstić information content (AvgIpc) is 2.95. The van der Waals surface area contributed by atoms with E-state index in [1.165, 1.54) is 0 Å². The number of fused-ring (bicyclic) bond motifs is 1. The van der Waals surface area contributed by atoms with Crippen LogP contribution in [0.1, 0.15) is 60.5 Å². The van der Waals surface area contributed by atoms with E-state index in [0.29, 0.717) is 25.2 Å². The van der Waals surface area contributed by atoms with Gasteiger partial charge in [0.2, 0.25) is 5.91 Å². The molecule has 5 heteroatoms. The fourth-order valence-corrected chi connectivity index (χ4v) is 3.85. The molecule has 2 aliphatic carbocycles. The van der Waals surface area contributed by atoms with Crippen molar-refractivity contribution in [2.24, 2.45) is 11.7 Å². The molecule has 134 valence electrons. The SMILES string of the molecule is CC(N)C(=O)NC1CCC(CC(=O)c2ccc3c(c2)CC(=O)C3)CC1. The molecule has 0 aliphatic heterocycles. The number of rotatable bonds is 5. The van der Waals surface area contributed by atoms with Crippen LogP contribution in [0.4, 0.5) is 0 Å². The molecule has 1 fully saturated rings. The lowest BCUT2D eigenvalue weighted by Crippen LogP contribution is -2.45. The van der Waals surface area contributed by atoms with Gasteiger partial charge in [-0.15, -0.1) is 0 Å². The van der Waals surface area contributed by atoms with Crippen LogP contribution >= 0.6 is 0 Å². The number of carbonyl (C=O) groups excluding carboxylic acids is 3. The first-order valence-corrected chi connectivity index (χ1v) is 9.15. The van der Waals surface area contributed by atoms with Gasteiger partial charge in [0, 0.05) is 30.9 Å². The van der Waals surface area contributed by atoms with Crippen molar-refractivity contribution in [3.63, 3.8) is 0 Å². The first-order chi connectivity index (χ1) is 11.9. The Balaban J connectivity index is 1.51. The molecule has 3 N–H and O–H groups in total. The topological polar surface area (TPSA) is 89.3 Å². The average molecular weight is 342 g/mol. The molecule has 0 bridgehead atoms. The number of amides is 1. The summed E-state index contributed by atoms with van der Waals surface area (Å²) in [5, 5.41) is 2.98. The Morgan fingerprint density at radius 1 is 1.16 bits per heavy atom. The maximum absolute atomic E-state index is 12.6. The van der Waals surface area contributed by atoms with Gasteiger partial charge in [-0.1, -0.05) is 12.1 Å². The van der Waals surface area contributed by atoms with Crippen LogP contribution in [0.15, 0.2) is 18.2 Å². The van der Waals surface area contributed by atoms with Crippen LogP contribution < -0.4 is 11.1 Å². The van der Waals surface area contributed by atoms with Gasteiger partial charge in [0.05, 0.1) is 6.04 Å². The summed E-state index contributed by atoms with van der Waals surface area (Å²) in [5.41, 5.74) is 8.38. The zero-order valence-electron chi connectivity index (χ0n) is 14.7. The lowest BCUT2D eigenvalue weighted by atomic mass is 9.82. The maximum Gasteiger partial charge on any atom is 0.236 e. The molecule has 25 heavy (non-hydrogen) atoms. The Morgan fingerprint density at radius 2 is 1.84 bits per heavy atom. The molecular formula is C20H26N2O3. The summed E-state index contributed by atoms with van der Waals surface area (Å²) >= 11 is 0. The molecule has 3 rings (SSSR count). The number of nitrogens with one attached hydrogen (secondary N) is 1. The van der Waals surface area contributed by atoms with E-state index in [-0.39, 0.29) is 23.5 Å². The predicted octanol–water partition coefficient (Wildman–Crippen LogP) is 1.95. The summed E-state index contributed by atoms with van der Waals surface area (Å²) in [6.45, 7) is 1.68. The highest BCUT2D eigenvalue weighted by Gasteiger charge is 2.26. The summed E-state index contributed by atoms with van der Waals surface area (Å²) in [6, 6.07) is 5.38. The Bertz CT molecular complexity index is 688. The molecule has 1 unspecified atom stereocenters. The van der Waals surface area contributed by atoms with Gasteiger partial charge in [0.25, 0.3) is 0 Å².